The third-order valence-electron chi connectivity index (χ3n) is 3.74. The minimum Gasteiger partial charge on any atom is -0.393 e. The minimum atomic E-state index is -0.355. The van der Waals surface area contributed by atoms with E-state index in [4.69, 9.17) is 4.74 Å². The largest absolute Gasteiger partial charge is 0.393 e. The number of rotatable bonds is 4. The number of hydrogen-bond acceptors (Lipinski definition) is 3. The molecule has 1 aliphatic rings. The van der Waals surface area contributed by atoms with Crippen LogP contribution in [0.3, 0.4) is 0 Å². The second-order valence-electron chi connectivity index (χ2n) is 5.13. The Morgan fingerprint density at radius 1 is 1.53 bits per heavy atom. The molecular formula is C15H21NO3. The van der Waals surface area contributed by atoms with Crippen LogP contribution < -0.4 is 0 Å². The normalized spacial score (nSPS) is 20.6. The Morgan fingerprint density at radius 2 is 2.26 bits per heavy atom. The molecule has 1 saturated heterocycles. The Morgan fingerprint density at radius 3 is 2.89 bits per heavy atom. The van der Waals surface area contributed by atoms with E-state index in [1.54, 1.807) is 14.0 Å². The molecule has 0 saturated carbocycles. The molecule has 4 heteroatoms. The lowest BCUT2D eigenvalue weighted by atomic mass is 10.0. The van der Waals surface area contributed by atoms with Gasteiger partial charge >= 0.3 is 0 Å². The fourth-order valence-electron chi connectivity index (χ4n) is 2.55. The van der Waals surface area contributed by atoms with Crippen LogP contribution in [0.1, 0.15) is 29.3 Å². The van der Waals surface area contributed by atoms with Crippen molar-refractivity contribution in [2.24, 2.45) is 5.92 Å². The van der Waals surface area contributed by atoms with E-state index in [1.807, 2.05) is 29.2 Å². The van der Waals surface area contributed by atoms with E-state index in [0.717, 1.165) is 18.5 Å². The van der Waals surface area contributed by atoms with Crippen LogP contribution in [0.15, 0.2) is 24.3 Å². The van der Waals surface area contributed by atoms with Gasteiger partial charge in [-0.3, -0.25) is 4.79 Å². The highest BCUT2D eigenvalue weighted by Crippen LogP contribution is 2.22. The zero-order chi connectivity index (χ0) is 13.8. The highest BCUT2D eigenvalue weighted by Gasteiger charge is 2.30. The van der Waals surface area contributed by atoms with Crippen LogP contribution in [0.4, 0.5) is 0 Å². The summed E-state index contributed by atoms with van der Waals surface area (Å²) in [6.45, 7) is 3.58. The number of nitrogens with zero attached hydrogens (tertiary/aromatic N) is 1. The first kappa shape index (κ1) is 14.0. The van der Waals surface area contributed by atoms with E-state index in [0.29, 0.717) is 18.7 Å². The molecule has 2 rings (SSSR count). The van der Waals surface area contributed by atoms with Gasteiger partial charge in [-0.25, -0.2) is 0 Å². The number of carbonyl (C=O) groups is 1. The monoisotopic (exact) mass is 263 g/mol. The van der Waals surface area contributed by atoms with Crippen molar-refractivity contribution in [3.05, 3.63) is 35.4 Å². The van der Waals surface area contributed by atoms with E-state index in [-0.39, 0.29) is 17.9 Å². The van der Waals surface area contributed by atoms with Crippen LogP contribution in [-0.2, 0) is 11.3 Å². The fourth-order valence-corrected chi connectivity index (χ4v) is 2.55. The number of likely N-dealkylation sites (tertiary alicyclic amines) is 1. The highest BCUT2D eigenvalue weighted by molar-refractivity contribution is 5.95. The molecule has 1 heterocycles. The first-order valence-corrected chi connectivity index (χ1v) is 6.67. The van der Waals surface area contributed by atoms with Gasteiger partial charge in [-0.2, -0.15) is 0 Å². The molecule has 104 valence electrons. The van der Waals surface area contributed by atoms with Crippen molar-refractivity contribution in [3.63, 3.8) is 0 Å². The Bertz CT molecular complexity index is 445. The molecule has 1 N–H and O–H groups in total. The third kappa shape index (κ3) is 3.14. The maximum absolute atomic E-state index is 12.5. The molecule has 1 aromatic rings. The predicted octanol–water partition coefficient (Wildman–Crippen LogP) is 1.68. The Labute approximate surface area is 114 Å². The van der Waals surface area contributed by atoms with Gasteiger partial charge in [0.2, 0.25) is 0 Å². The van der Waals surface area contributed by atoms with Gasteiger partial charge in [-0.15, -0.1) is 0 Å². The van der Waals surface area contributed by atoms with Crippen molar-refractivity contribution < 1.29 is 14.6 Å². The van der Waals surface area contributed by atoms with Crippen LogP contribution in [0.25, 0.3) is 0 Å². The number of aliphatic hydroxyl groups excluding tert-OH is 1. The van der Waals surface area contributed by atoms with Gasteiger partial charge in [0, 0.05) is 31.7 Å². The molecule has 4 nitrogen and oxygen atoms in total. The first-order valence-electron chi connectivity index (χ1n) is 6.67. The Kier molecular flexibility index (Phi) is 4.56. The molecule has 1 fully saturated rings. The molecule has 1 aliphatic heterocycles. The zero-order valence-electron chi connectivity index (χ0n) is 11.5. The summed E-state index contributed by atoms with van der Waals surface area (Å²) in [5.74, 6) is 0.231. The average Bonchev–Trinajstić information content (AvgIpc) is 2.89. The van der Waals surface area contributed by atoms with Crippen LogP contribution in [0.5, 0.6) is 0 Å². The van der Waals surface area contributed by atoms with E-state index in [1.165, 1.54) is 0 Å². The smallest absolute Gasteiger partial charge is 0.254 e. The molecule has 2 unspecified atom stereocenters. The molecule has 0 radical (unpaired) electrons. The topological polar surface area (TPSA) is 49.8 Å². The summed E-state index contributed by atoms with van der Waals surface area (Å²) in [4.78, 5) is 14.3. The lowest BCUT2D eigenvalue weighted by molar-refractivity contribution is 0.0757. The van der Waals surface area contributed by atoms with Gasteiger partial charge in [-0.1, -0.05) is 18.2 Å². The third-order valence-corrected chi connectivity index (χ3v) is 3.74. The molecule has 1 amide bonds. The zero-order valence-corrected chi connectivity index (χ0v) is 11.5. The van der Waals surface area contributed by atoms with Crippen molar-refractivity contribution in [2.45, 2.75) is 26.1 Å². The predicted molar refractivity (Wildman–Crippen MR) is 72.8 cm³/mol. The molecule has 0 aliphatic carbocycles. The molecular weight excluding hydrogens is 242 g/mol. The number of methoxy groups -OCH3 is 1. The molecule has 0 spiro atoms. The first-order chi connectivity index (χ1) is 9.13. The SMILES string of the molecule is COCc1ccccc1C(=O)N1CCC(C(C)O)C1. The van der Waals surface area contributed by atoms with Gasteiger partial charge in [0.1, 0.15) is 0 Å². The van der Waals surface area contributed by atoms with Crippen LogP contribution in [-0.4, -0.2) is 42.2 Å². The molecule has 1 aromatic carbocycles. The lowest BCUT2D eigenvalue weighted by Gasteiger charge is -2.19. The molecule has 0 aromatic heterocycles. The summed E-state index contributed by atoms with van der Waals surface area (Å²) in [5.41, 5.74) is 1.62. The average molecular weight is 263 g/mol. The molecule has 0 bridgehead atoms. The van der Waals surface area contributed by atoms with Gasteiger partial charge in [-0.05, 0) is 25.0 Å². The summed E-state index contributed by atoms with van der Waals surface area (Å²) < 4.78 is 5.13. The van der Waals surface area contributed by atoms with Crippen molar-refractivity contribution in [1.29, 1.82) is 0 Å². The van der Waals surface area contributed by atoms with E-state index < -0.39 is 0 Å². The van der Waals surface area contributed by atoms with E-state index in [2.05, 4.69) is 0 Å². The maximum Gasteiger partial charge on any atom is 0.254 e. The van der Waals surface area contributed by atoms with Crippen LogP contribution >= 0.6 is 0 Å². The van der Waals surface area contributed by atoms with Crippen molar-refractivity contribution >= 4 is 5.91 Å². The van der Waals surface area contributed by atoms with Gasteiger partial charge in [0.15, 0.2) is 0 Å². The standard InChI is InChI=1S/C15H21NO3/c1-11(17)12-7-8-16(9-12)15(18)14-6-4-3-5-13(14)10-19-2/h3-6,11-12,17H,7-10H2,1-2H3. The van der Waals surface area contributed by atoms with Gasteiger partial charge in [0.05, 0.1) is 12.7 Å². The minimum absolute atomic E-state index is 0.0378. The molecule has 19 heavy (non-hydrogen) atoms. The summed E-state index contributed by atoms with van der Waals surface area (Å²) in [6, 6.07) is 7.54. The number of carbonyl (C=O) groups excluding carboxylic acids is 1. The Balaban J connectivity index is 2.12. The summed E-state index contributed by atoms with van der Waals surface area (Å²) in [5, 5.41) is 9.60. The van der Waals surface area contributed by atoms with Crippen molar-refractivity contribution in [1.82, 2.24) is 4.90 Å². The van der Waals surface area contributed by atoms with Gasteiger partial charge in [0.25, 0.3) is 5.91 Å². The number of benzene rings is 1. The second-order valence-corrected chi connectivity index (χ2v) is 5.13. The quantitative estimate of drug-likeness (QED) is 0.899. The van der Waals surface area contributed by atoms with E-state index >= 15 is 0 Å². The maximum atomic E-state index is 12.5. The fraction of sp³-hybridized carbons (Fsp3) is 0.533. The summed E-state index contributed by atoms with van der Waals surface area (Å²) in [7, 11) is 1.63. The number of amides is 1. The number of hydrogen-bond donors (Lipinski definition) is 1. The van der Waals surface area contributed by atoms with E-state index in [9.17, 15) is 9.90 Å². The molecule has 2 atom stereocenters. The lowest BCUT2D eigenvalue weighted by Crippen LogP contribution is -2.31. The second kappa shape index (κ2) is 6.17. The van der Waals surface area contributed by atoms with Gasteiger partial charge < -0.3 is 14.7 Å². The van der Waals surface area contributed by atoms with Crippen LogP contribution in [0.2, 0.25) is 0 Å². The Hall–Kier alpha value is -1.39. The van der Waals surface area contributed by atoms with Crippen molar-refractivity contribution in [2.75, 3.05) is 20.2 Å². The summed E-state index contributed by atoms with van der Waals surface area (Å²) in [6.07, 6.45) is 0.516. The van der Waals surface area contributed by atoms with Crippen molar-refractivity contribution in [3.8, 4) is 0 Å². The summed E-state index contributed by atoms with van der Waals surface area (Å²) >= 11 is 0. The number of aliphatic hydroxyl groups is 1. The highest BCUT2D eigenvalue weighted by atomic mass is 16.5. The number of ether oxygens (including phenoxy) is 1. The van der Waals surface area contributed by atoms with Crippen LogP contribution in [0, 0.1) is 5.92 Å².